The monoisotopic (exact) mass is 666 g/mol. The maximum atomic E-state index is 6.43. The number of rotatable bonds is 5. The van der Waals surface area contributed by atoms with Crippen LogP contribution in [-0.2, 0) is 5.41 Å². The van der Waals surface area contributed by atoms with E-state index < -0.39 is 0 Å². The van der Waals surface area contributed by atoms with Crippen molar-refractivity contribution in [1.82, 2.24) is 9.97 Å². The van der Waals surface area contributed by atoms with Crippen molar-refractivity contribution >= 4 is 21.9 Å². The summed E-state index contributed by atoms with van der Waals surface area (Å²) in [5.41, 5.74) is 16.4. The van der Waals surface area contributed by atoms with Gasteiger partial charge in [0, 0.05) is 32.9 Å². The number of nitrogens with zero attached hydrogens (tertiary/aromatic N) is 2. The smallest absolute Gasteiger partial charge is 0.161 e. The van der Waals surface area contributed by atoms with Crippen LogP contribution in [0.25, 0.3) is 89.2 Å². The average Bonchev–Trinajstić information content (AvgIpc) is 3.70. The second-order valence-electron chi connectivity index (χ2n) is 14.2. The minimum absolute atomic E-state index is 0.0492. The zero-order chi connectivity index (χ0) is 34.8. The minimum Gasteiger partial charge on any atom is -0.456 e. The van der Waals surface area contributed by atoms with Crippen LogP contribution in [0.1, 0.15) is 25.0 Å². The predicted molar refractivity (Wildman–Crippen MR) is 214 cm³/mol. The lowest BCUT2D eigenvalue weighted by molar-refractivity contribution is 0.660. The first kappa shape index (κ1) is 30.3. The minimum atomic E-state index is -0.0492. The average molecular weight is 667 g/mol. The predicted octanol–water partition coefficient (Wildman–Crippen LogP) is 13.0. The quantitative estimate of drug-likeness (QED) is 0.183. The van der Waals surface area contributed by atoms with Gasteiger partial charge in [0.2, 0.25) is 0 Å². The van der Waals surface area contributed by atoms with Crippen molar-refractivity contribution in [3.05, 3.63) is 181 Å². The lowest BCUT2D eigenvalue weighted by Gasteiger charge is -2.22. The van der Waals surface area contributed by atoms with Crippen molar-refractivity contribution in [2.24, 2.45) is 0 Å². The lowest BCUT2D eigenvalue weighted by Crippen LogP contribution is -2.14. The van der Waals surface area contributed by atoms with Crippen LogP contribution in [-0.4, -0.2) is 9.97 Å². The highest BCUT2D eigenvalue weighted by molar-refractivity contribution is 6.15. The molecule has 0 N–H and O–H groups in total. The number of benzene rings is 7. The van der Waals surface area contributed by atoms with E-state index in [0.29, 0.717) is 5.82 Å². The fourth-order valence-electron chi connectivity index (χ4n) is 8.09. The van der Waals surface area contributed by atoms with Crippen molar-refractivity contribution in [1.29, 1.82) is 0 Å². The standard InChI is InChI=1S/C49H34N2O/c1-49(2)40-19-11-9-17-37(40)38-26-25-35(29-41(38)49)31-21-23-32(24-22-31)36-27-28-45-46(39-18-10-12-20-44(39)52-45)47(36)48-50-42(33-13-5-3-6-14-33)30-43(51-48)34-15-7-4-8-16-34/h3-30H,1-2H3. The third-order valence-corrected chi connectivity index (χ3v) is 10.7. The van der Waals surface area contributed by atoms with Gasteiger partial charge in [-0.25, -0.2) is 9.97 Å². The first-order valence-corrected chi connectivity index (χ1v) is 17.8. The summed E-state index contributed by atoms with van der Waals surface area (Å²) in [5, 5.41) is 2.06. The van der Waals surface area contributed by atoms with Gasteiger partial charge in [0.05, 0.1) is 11.4 Å². The number of furan rings is 1. The van der Waals surface area contributed by atoms with E-state index in [9.17, 15) is 0 Å². The molecule has 0 radical (unpaired) electrons. The van der Waals surface area contributed by atoms with Crippen LogP contribution in [0.4, 0.5) is 0 Å². The van der Waals surface area contributed by atoms with Crippen molar-refractivity contribution in [2.75, 3.05) is 0 Å². The van der Waals surface area contributed by atoms with Crippen LogP contribution < -0.4 is 0 Å². The Morgan fingerprint density at radius 3 is 1.73 bits per heavy atom. The molecule has 0 saturated heterocycles. The SMILES string of the molecule is CC1(C)c2ccccc2-c2ccc(-c3ccc(-c4ccc5oc6ccccc6c5c4-c4nc(-c5ccccc5)cc(-c5ccccc5)n4)cc3)cc21. The molecular weight excluding hydrogens is 633 g/mol. The number of hydrogen-bond donors (Lipinski definition) is 0. The van der Waals surface area contributed by atoms with E-state index in [-0.39, 0.29) is 5.41 Å². The Kier molecular flexibility index (Phi) is 6.84. The van der Waals surface area contributed by atoms with Gasteiger partial charge in [0.15, 0.2) is 5.82 Å². The van der Waals surface area contributed by atoms with Gasteiger partial charge in [-0.2, -0.15) is 0 Å². The molecule has 0 spiro atoms. The van der Waals surface area contributed by atoms with Crippen LogP contribution in [0.2, 0.25) is 0 Å². The Hall–Kier alpha value is -6.58. The third kappa shape index (κ3) is 4.81. The molecule has 0 fully saturated rings. The summed E-state index contributed by atoms with van der Waals surface area (Å²) in [5.74, 6) is 0.664. The molecule has 10 rings (SSSR count). The summed E-state index contributed by atoms with van der Waals surface area (Å²) in [6.07, 6.45) is 0. The normalized spacial score (nSPS) is 13.0. The number of para-hydroxylation sites is 1. The van der Waals surface area contributed by atoms with Crippen LogP contribution in [0.15, 0.2) is 174 Å². The second kappa shape index (κ2) is 11.8. The van der Waals surface area contributed by atoms with Gasteiger partial charge in [0.25, 0.3) is 0 Å². The zero-order valence-corrected chi connectivity index (χ0v) is 29.0. The van der Waals surface area contributed by atoms with Crippen molar-refractivity contribution < 1.29 is 4.42 Å². The van der Waals surface area contributed by atoms with E-state index in [1.54, 1.807) is 0 Å². The van der Waals surface area contributed by atoms with Gasteiger partial charge >= 0.3 is 0 Å². The van der Waals surface area contributed by atoms with E-state index in [2.05, 4.69) is 159 Å². The maximum Gasteiger partial charge on any atom is 0.161 e. The van der Waals surface area contributed by atoms with Crippen LogP contribution in [0.3, 0.4) is 0 Å². The molecule has 2 heterocycles. The van der Waals surface area contributed by atoms with E-state index in [4.69, 9.17) is 14.4 Å². The highest BCUT2D eigenvalue weighted by Crippen LogP contribution is 2.50. The molecule has 0 amide bonds. The number of hydrogen-bond acceptors (Lipinski definition) is 3. The molecule has 0 unspecified atom stereocenters. The Morgan fingerprint density at radius 1 is 0.423 bits per heavy atom. The summed E-state index contributed by atoms with van der Waals surface area (Å²) in [7, 11) is 0. The van der Waals surface area contributed by atoms with Crippen molar-refractivity contribution in [3.63, 3.8) is 0 Å². The van der Waals surface area contributed by atoms with Gasteiger partial charge in [0.1, 0.15) is 11.2 Å². The van der Waals surface area contributed by atoms with Gasteiger partial charge < -0.3 is 4.42 Å². The Morgan fingerprint density at radius 2 is 1.00 bits per heavy atom. The van der Waals surface area contributed by atoms with Gasteiger partial charge in [-0.15, -0.1) is 0 Å². The molecule has 1 aliphatic carbocycles. The van der Waals surface area contributed by atoms with Crippen molar-refractivity contribution in [2.45, 2.75) is 19.3 Å². The van der Waals surface area contributed by atoms with Crippen molar-refractivity contribution in [3.8, 4) is 67.3 Å². The molecule has 52 heavy (non-hydrogen) atoms. The summed E-state index contributed by atoms with van der Waals surface area (Å²) in [4.78, 5) is 10.6. The highest BCUT2D eigenvalue weighted by atomic mass is 16.3. The molecule has 246 valence electrons. The molecule has 3 nitrogen and oxygen atoms in total. The molecule has 9 aromatic rings. The maximum absolute atomic E-state index is 6.43. The van der Waals surface area contributed by atoms with E-state index in [0.717, 1.165) is 61.1 Å². The topological polar surface area (TPSA) is 38.9 Å². The molecule has 0 bridgehead atoms. The summed E-state index contributed by atoms with van der Waals surface area (Å²) < 4.78 is 6.43. The van der Waals surface area contributed by atoms with Crippen LogP contribution in [0.5, 0.6) is 0 Å². The third-order valence-electron chi connectivity index (χ3n) is 10.7. The summed E-state index contributed by atoms with van der Waals surface area (Å²) in [6, 6.07) is 59.9. The fraction of sp³-hybridized carbons (Fsp3) is 0.0612. The summed E-state index contributed by atoms with van der Waals surface area (Å²) >= 11 is 0. The first-order chi connectivity index (χ1) is 25.5. The molecular formula is C49H34N2O. The Labute approximate surface area is 302 Å². The molecule has 0 saturated carbocycles. The van der Waals surface area contributed by atoms with Crippen LogP contribution >= 0.6 is 0 Å². The fourth-order valence-corrected chi connectivity index (χ4v) is 8.09. The summed E-state index contributed by atoms with van der Waals surface area (Å²) in [6.45, 7) is 4.67. The molecule has 7 aromatic carbocycles. The number of aromatic nitrogens is 2. The lowest BCUT2D eigenvalue weighted by atomic mass is 9.81. The Balaban J connectivity index is 1.16. The van der Waals surface area contributed by atoms with E-state index in [1.165, 1.54) is 33.4 Å². The molecule has 0 aliphatic heterocycles. The van der Waals surface area contributed by atoms with E-state index >= 15 is 0 Å². The zero-order valence-electron chi connectivity index (χ0n) is 29.0. The molecule has 1 aliphatic rings. The highest BCUT2D eigenvalue weighted by Gasteiger charge is 2.35. The van der Waals surface area contributed by atoms with Gasteiger partial charge in [-0.1, -0.05) is 153 Å². The van der Waals surface area contributed by atoms with Gasteiger partial charge in [-0.3, -0.25) is 0 Å². The first-order valence-electron chi connectivity index (χ1n) is 17.8. The van der Waals surface area contributed by atoms with E-state index in [1.807, 2.05) is 24.3 Å². The van der Waals surface area contributed by atoms with Gasteiger partial charge in [-0.05, 0) is 74.8 Å². The molecule has 3 heteroatoms. The molecule has 0 atom stereocenters. The second-order valence-corrected chi connectivity index (χ2v) is 14.2. The molecule has 2 aromatic heterocycles. The largest absolute Gasteiger partial charge is 0.456 e. The van der Waals surface area contributed by atoms with Crippen LogP contribution in [0, 0.1) is 0 Å². The number of fused-ring (bicyclic) bond motifs is 6. The Bertz CT molecular complexity index is 2740.